The number of hydrogen-bond donors (Lipinski definition) is 0. The molecule has 0 fully saturated rings. The van der Waals surface area contributed by atoms with Crippen molar-refractivity contribution < 1.29 is 0 Å². The van der Waals surface area contributed by atoms with Gasteiger partial charge < -0.3 is 0 Å². The molecule has 0 amide bonds. The maximum absolute atomic E-state index is 5.10. The monoisotopic (exact) mass is 462 g/mol. The van der Waals surface area contributed by atoms with Crippen LogP contribution in [0.2, 0.25) is 0 Å². The number of aromatic nitrogens is 2. The summed E-state index contributed by atoms with van der Waals surface area (Å²) in [5.74, 6) is 0.995. The minimum atomic E-state index is 0.239. The first-order chi connectivity index (χ1) is 16.6. The van der Waals surface area contributed by atoms with Crippen LogP contribution in [0.25, 0.3) is 38.6 Å². The topological polar surface area (TPSA) is 17.3 Å². The van der Waals surface area contributed by atoms with Crippen LogP contribution in [-0.2, 0) is 6.42 Å². The third-order valence-electron chi connectivity index (χ3n) is 7.64. The van der Waals surface area contributed by atoms with Gasteiger partial charge in [0, 0.05) is 16.3 Å². The molecule has 0 aliphatic heterocycles. The summed E-state index contributed by atoms with van der Waals surface area (Å²) in [6.45, 7) is 18.3. The van der Waals surface area contributed by atoms with Gasteiger partial charge in [-0.2, -0.15) is 0 Å². The van der Waals surface area contributed by atoms with Gasteiger partial charge in [0.15, 0.2) is 0 Å². The van der Waals surface area contributed by atoms with Crippen molar-refractivity contribution in [3.63, 3.8) is 0 Å². The summed E-state index contributed by atoms with van der Waals surface area (Å²) in [6.07, 6.45) is 3.14. The number of fused-ring (bicyclic) bond motifs is 6. The van der Waals surface area contributed by atoms with Crippen molar-refractivity contribution in [1.82, 2.24) is 9.38 Å². The summed E-state index contributed by atoms with van der Waals surface area (Å²) in [5, 5.41) is 3.93. The molecular weight excluding hydrogens is 424 g/mol. The molecule has 1 atom stereocenters. The summed E-state index contributed by atoms with van der Waals surface area (Å²) in [5.41, 5.74) is 10.4. The standard InChI is InChI=1S/C33H38N2/c1-20(2)23(5)25-13-10-14-26-27-17-24(18-33(6,7)8)15-16-28(27)35-29(19-34-32(35)31(25)26)30-21(3)11-9-12-22(30)4/h9-17,19-20,23H,18H2,1-8H3. The molecule has 35 heavy (non-hydrogen) atoms. The minimum absolute atomic E-state index is 0.239. The molecule has 5 aromatic rings. The predicted molar refractivity (Wildman–Crippen MR) is 152 cm³/mol. The van der Waals surface area contributed by atoms with Gasteiger partial charge >= 0.3 is 0 Å². The molecule has 1 unspecified atom stereocenters. The molecule has 0 saturated heterocycles. The molecule has 180 valence electrons. The van der Waals surface area contributed by atoms with Gasteiger partial charge in [-0.15, -0.1) is 0 Å². The quantitative estimate of drug-likeness (QED) is 0.243. The first-order valence-corrected chi connectivity index (χ1v) is 13.0. The van der Waals surface area contributed by atoms with Crippen LogP contribution in [0.5, 0.6) is 0 Å². The Kier molecular flexibility index (Phi) is 5.74. The zero-order valence-corrected chi connectivity index (χ0v) is 22.5. The molecule has 2 heterocycles. The van der Waals surface area contributed by atoms with Crippen LogP contribution in [0.4, 0.5) is 0 Å². The molecule has 0 saturated carbocycles. The lowest BCUT2D eigenvalue weighted by Crippen LogP contribution is -2.09. The molecule has 0 spiro atoms. The first kappa shape index (κ1) is 23.6. The van der Waals surface area contributed by atoms with Crippen LogP contribution in [0.1, 0.15) is 69.7 Å². The molecule has 0 radical (unpaired) electrons. The van der Waals surface area contributed by atoms with E-state index in [4.69, 9.17) is 4.98 Å². The molecule has 5 rings (SSSR count). The Labute approximate surface area is 210 Å². The van der Waals surface area contributed by atoms with E-state index in [1.54, 1.807) is 0 Å². The summed E-state index contributed by atoms with van der Waals surface area (Å²) in [6, 6.07) is 20.5. The third kappa shape index (κ3) is 4.03. The molecule has 3 aromatic carbocycles. The van der Waals surface area contributed by atoms with Crippen molar-refractivity contribution in [2.75, 3.05) is 0 Å². The summed E-state index contributed by atoms with van der Waals surface area (Å²) < 4.78 is 2.42. The van der Waals surface area contributed by atoms with Crippen LogP contribution in [0, 0.1) is 25.2 Å². The van der Waals surface area contributed by atoms with Crippen molar-refractivity contribution in [2.24, 2.45) is 11.3 Å². The van der Waals surface area contributed by atoms with Crippen LogP contribution in [0.15, 0.2) is 60.8 Å². The lowest BCUT2D eigenvalue weighted by Gasteiger charge is -2.22. The maximum Gasteiger partial charge on any atom is 0.145 e. The smallest absolute Gasteiger partial charge is 0.145 e. The Bertz CT molecular complexity index is 1540. The van der Waals surface area contributed by atoms with Crippen molar-refractivity contribution >= 4 is 27.3 Å². The highest BCUT2D eigenvalue weighted by molar-refractivity contribution is 6.14. The Balaban J connectivity index is 1.97. The van der Waals surface area contributed by atoms with Gasteiger partial charge in [-0.05, 0) is 77.3 Å². The van der Waals surface area contributed by atoms with Gasteiger partial charge in [0.25, 0.3) is 0 Å². The fourth-order valence-electron chi connectivity index (χ4n) is 5.67. The van der Waals surface area contributed by atoms with Crippen LogP contribution in [0.3, 0.4) is 0 Å². The minimum Gasteiger partial charge on any atom is -0.292 e. The summed E-state index contributed by atoms with van der Waals surface area (Å²) in [7, 11) is 0. The van der Waals surface area contributed by atoms with Crippen molar-refractivity contribution in [3.8, 4) is 11.3 Å². The second kappa shape index (κ2) is 8.52. The second-order valence-electron chi connectivity index (χ2n) is 12.0. The van der Waals surface area contributed by atoms with Gasteiger partial charge in [-0.25, -0.2) is 4.98 Å². The maximum atomic E-state index is 5.10. The summed E-state index contributed by atoms with van der Waals surface area (Å²) >= 11 is 0. The summed E-state index contributed by atoms with van der Waals surface area (Å²) in [4.78, 5) is 5.10. The molecule has 0 aliphatic carbocycles. The Morgan fingerprint density at radius 2 is 1.54 bits per heavy atom. The number of hydrogen-bond acceptors (Lipinski definition) is 1. The third-order valence-corrected chi connectivity index (χ3v) is 7.64. The molecule has 2 heteroatoms. The van der Waals surface area contributed by atoms with Gasteiger partial charge in [0.05, 0.1) is 17.4 Å². The SMILES string of the molecule is Cc1cccc(C)c1-c1cnc2c3c(C(C)C(C)C)cccc3c3cc(CC(C)(C)C)ccc3n12. The molecular formula is C33H38N2. The number of rotatable bonds is 4. The van der Waals surface area contributed by atoms with E-state index in [-0.39, 0.29) is 5.41 Å². The van der Waals surface area contributed by atoms with Crippen LogP contribution < -0.4 is 0 Å². The van der Waals surface area contributed by atoms with E-state index < -0.39 is 0 Å². The normalized spacial score (nSPS) is 13.4. The molecule has 2 nitrogen and oxygen atoms in total. The highest BCUT2D eigenvalue weighted by Crippen LogP contribution is 2.40. The van der Waals surface area contributed by atoms with Gasteiger partial charge in [0.1, 0.15) is 5.65 Å². The lowest BCUT2D eigenvalue weighted by atomic mass is 9.85. The Morgan fingerprint density at radius 3 is 2.20 bits per heavy atom. The number of pyridine rings is 1. The fourth-order valence-corrected chi connectivity index (χ4v) is 5.67. The van der Waals surface area contributed by atoms with Crippen molar-refractivity contribution in [1.29, 1.82) is 0 Å². The highest BCUT2D eigenvalue weighted by atomic mass is 15.0. The average Bonchev–Trinajstić information content (AvgIpc) is 3.22. The van der Waals surface area contributed by atoms with E-state index in [1.165, 1.54) is 55.2 Å². The molecule has 0 aliphatic rings. The van der Waals surface area contributed by atoms with Crippen LogP contribution >= 0.6 is 0 Å². The number of aryl methyl sites for hydroxylation is 2. The zero-order valence-electron chi connectivity index (χ0n) is 22.5. The van der Waals surface area contributed by atoms with E-state index in [0.717, 1.165) is 12.1 Å². The molecule has 2 aromatic heterocycles. The number of imidazole rings is 1. The average molecular weight is 463 g/mol. The van der Waals surface area contributed by atoms with Crippen molar-refractivity contribution in [3.05, 3.63) is 83.0 Å². The first-order valence-electron chi connectivity index (χ1n) is 13.0. The zero-order chi connectivity index (χ0) is 25.1. The molecule has 0 bridgehead atoms. The van der Waals surface area contributed by atoms with E-state index in [0.29, 0.717) is 11.8 Å². The van der Waals surface area contributed by atoms with Crippen LogP contribution in [-0.4, -0.2) is 9.38 Å². The van der Waals surface area contributed by atoms with Crippen molar-refractivity contribution in [2.45, 2.75) is 67.7 Å². The molecule has 0 N–H and O–H groups in total. The highest BCUT2D eigenvalue weighted by Gasteiger charge is 2.22. The fraction of sp³-hybridized carbons (Fsp3) is 0.364. The number of nitrogens with zero attached hydrogens (tertiary/aromatic N) is 2. The van der Waals surface area contributed by atoms with Gasteiger partial charge in [-0.1, -0.05) is 84.0 Å². The van der Waals surface area contributed by atoms with E-state index >= 15 is 0 Å². The van der Waals surface area contributed by atoms with E-state index in [2.05, 4.69) is 121 Å². The second-order valence-corrected chi connectivity index (χ2v) is 12.0. The Hall–Kier alpha value is -3.13. The van der Waals surface area contributed by atoms with E-state index in [1.807, 2.05) is 0 Å². The van der Waals surface area contributed by atoms with E-state index in [9.17, 15) is 0 Å². The van der Waals surface area contributed by atoms with Gasteiger partial charge in [-0.3, -0.25) is 4.40 Å². The van der Waals surface area contributed by atoms with Gasteiger partial charge in [0.2, 0.25) is 0 Å². The lowest BCUT2D eigenvalue weighted by molar-refractivity contribution is 0.411. The predicted octanol–water partition coefficient (Wildman–Crippen LogP) is 9.27. The Morgan fingerprint density at radius 1 is 0.857 bits per heavy atom. The number of benzene rings is 3. The largest absolute Gasteiger partial charge is 0.292 e.